The quantitative estimate of drug-likeness (QED) is 0.646. The number of ketones is 1. The second kappa shape index (κ2) is 5.14. The average Bonchev–Trinajstić information content (AvgIpc) is 2.39. The number of hydrogen-bond acceptors (Lipinski definition) is 3. The molecule has 86 valence electrons. The molecule has 1 atom stereocenters. The van der Waals surface area contributed by atoms with E-state index in [0.717, 1.165) is 0 Å². The van der Waals surface area contributed by atoms with Gasteiger partial charge in [0.05, 0.1) is 5.69 Å². The molecule has 0 aliphatic rings. The van der Waals surface area contributed by atoms with Crippen molar-refractivity contribution in [1.82, 2.24) is 9.97 Å². The van der Waals surface area contributed by atoms with Crippen LogP contribution < -0.4 is 0 Å². The van der Waals surface area contributed by atoms with E-state index in [1.165, 1.54) is 30.6 Å². The van der Waals surface area contributed by atoms with Gasteiger partial charge in [-0.05, 0) is 30.3 Å². The number of halogens is 2. The molecular formula is C12H8BrFN2O. The standard InChI is InChI=1S/C12H8BrFN2O/c13-11(10-5-6-15-7-16-10)12(17)8-1-3-9(14)4-2-8/h1-7,11H. The van der Waals surface area contributed by atoms with Gasteiger partial charge in [-0.15, -0.1) is 0 Å². The van der Waals surface area contributed by atoms with E-state index in [4.69, 9.17) is 0 Å². The number of carbonyl (C=O) groups is 1. The number of Topliss-reactive ketones (excluding diaryl/α,β-unsaturated/α-hetero) is 1. The van der Waals surface area contributed by atoms with Crippen LogP contribution in [0, 0.1) is 5.82 Å². The van der Waals surface area contributed by atoms with Crippen LogP contribution in [0.3, 0.4) is 0 Å². The Morgan fingerprint density at radius 3 is 2.53 bits per heavy atom. The van der Waals surface area contributed by atoms with Crippen LogP contribution in [0.2, 0.25) is 0 Å². The van der Waals surface area contributed by atoms with Gasteiger partial charge in [-0.2, -0.15) is 0 Å². The van der Waals surface area contributed by atoms with E-state index in [1.807, 2.05) is 0 Å². The lowest BCUT2D eigenvalue weighted by Crippen LogP contribution is -2.08. The molecule has 1 aromatic carbocycles. The van der Waals surface area contributed by atoms with Crippen molar-refractivity contribution in [1.29, 1.82) is 0 Å². The van der Waals surface area contributed by atoms with E-state index < -0.39 is 4.83 Å². The molecule has 17 heavy (non-hydrogen) atoms. The highest BCUT2D eigenvalue weighted by atomic mass is 79.9. The summed E-state index contributed by atoms with van der Waals surface area (Å²) in [5.41, 5.74) is 1.02. The predicted octanol–water partition coefficient (Wildman–Crippen LogP) is 2.93. The number of rotatable bonds is 3. The Labute approximate surface area is 106 Å². The summed E-state index contributed by atoms with van der Waals surface area (Å²) in [7, 11) is 0. The molecule has 0 amide bonds. The van der Waals surface area contributed by atoms with Gasteiger partial charge >= 0.3 is 0 Å². The Kier molecular flexibility index (Phi) is 3.58. The van der Waals surface area contributed by atoms with Crippen molar-refractivity contribution in [3.8, 4) is 0 Å². The predicted molar refractivity (Wildman–Crippen MR) is 64.4 cm³/mol. The lowest BCUT2D eigenvalue weighted by molar-refractivity contribution is 0.0990. The normalized spacial score (nSPS) is 12.1. The van der Waals surface area contributed by atoms with Crippen molar-refractivity contribution in [2.45, 2.75) is 4.83 Å². The second-order valence-electron chi connectivity index (χ2n) is 3.37. The summed E-state index contributed by atoms with van der Waals surface area (Å²) < 4.78 is 12.7. The smallest absolute Gasteiger partial charge is 0.182 e. The minimum atomic E-state index is -0.545. The Balaban J connectivity index is 2.23. The molecule has 1 unspecified atom stereocenters. The summed E-state index contributed by atoms with van der Waals surface area (Å²) in [4.78, 5) is 19.2. The van der Waals surface area contributed by atoms with Crippen molar-refractivity contribution in [2.75, 3.05) is 0 Å². The highest BCUT2D eigenvalue weighted by Gasteiger charge is 2.19. The minimum absolute atomic E-state index is 0.163. The monoisotopic (exact) mass is 294 g/mol. The number of carbonyl (C=O) groups excluding carboxylic acids is 1. The van der Waals surface area contributed by atoms with Gasteiger partial charge in [0, 0.05) is 11.8 Å². The molecule has 5 heteroatoms. The third kappa shape index (κ3) is 2.74. The summed E-state index contributed by atoms with van der Waals surface area (Å²) in [6, 6.07) is 7.07. The summed E-state index contributed by atoms with van der Waals surface area (Å²) in [5.74, 6) is -0.529. The Hall–Kier alpha value is -1.62. The molecule has 0 spiro atoms. The molecule has 0 fully saturated rings. The van der Waals surface area contributed by atoms with Crippen molar-refractivity contribution in [2.24, 2.45) is 0 Å². The highest BCUT2D eigenvalue weighted by molar-refractivity contribution is 9.09. The molecule has 0 aliphatic carbocycles. The SMILES string of the molecule is O=C(c1ccc(F)cc1)C(Br)c1ccncn1. The molecule has 0 saturated heterocycles. The molecule has 0 N–H and O–H groups in total. The van der Waals surface area contributed by atoms with Crippen LogP contribution in [0.5, 0.6) is 0 Å². The molecule has 0 bridgehead atoms. The number of hydrogen-bond donors (Lipinski definition) is 0. The zero-order valence-electron chi connectivity index (χ0n) is 8.68. The van der Waals surface area contributed by atoms with Gasteiger partial charge in [-0.3, -0.25) is 4.79 Å². The molecule has 0 radical (unpaired) electrons. The molecule has 3 nitrogen and oxygen atoms in total. The summed E-state index contributed by atoms with van der Waals surface area (Å²) in [5, 5.41) is 0. The molecule has 1 aromatic heterocycles. The van der Waals surface area contributed by atoms with E-state index >= 15 is 0 Å². The maximum Gasteiger partial charge on any atom is 0.182 e. The molecule has 1 heterocycles. The summed E-state index contributed by atoms with van der Waals surface area (Å²) >= 11 is 3.27. The first-order chi connectivity index (χ1) is 8.18. The molecular weight excluding hydrogens is 287 g/mol. The van der Waals surface area contributed by atoms with Crippen LogP contribution in [-0.4, -0.2) is 15.8 Å². The van der Waals surface area contributed by atoms with Crippen molar-refractivity contribution < 1.29 is 9.18 Å². The van der Waals surface area contributed by atoms with Crippen LogP contribution in [-0.2, 0) is 0 Å². The lowest BCUT2D eigenvalue weighted by atomic mass is 10.1. The number of benzene rings is 1. The average molecular weight is 295 g/mol. The van der Waals surface area contributed by atoms with E-state index in [2.05, 4.69) is 25.9 Å². The fourth-order valence-electron chi connectivity index (χ4n) is 1.35. The Bertz CT molecular complexity index is 516. The van der Waals surface area contributed by atoms with E-state index in [9.17, 15) is 9.18 Å². The van der Waals surface area contributed by atoms with E-state index in [1.54, 1.807) is 12.3 Å². The Morgan fingerprint density at radius 1 is 1.24 bits per heavy atom. The maximum atomic E-state index is 12.7. The first kappa shape index (κ1) is 11.9. The fourth-order valence-corrected chi connectivity index (χ4v) is 1.88. The van der Waals surface area contributed by atoms with E-state index in [0.29, 0.717) is 11.3 Å². The van der Waals surface area contributed by atoms with Gasteiger partial charge in [0.2, 0.25) is 0 Å². The van der Waals surface area contributed by atoms with Crippen molar-refractivity contribution in [3.63, 3.8) is 0 Å². The molecule has 2 rings (SSSR count). The molecule has 0 saturated carbocycles. The van der Waals surface area contributed by atoms with Crippen molar-refractivity contribution >= 4 is 21.7 Å². The van der Waals surface area contributed by atoms with Crippen molar-refractivity contribution in [3.05, 3.63) is 59.9 Å². The number of alkyl halides is 1. The van der Waals surface area contributed by atoms with E-state index in [-0.39, 0.29) is 11.6 Å². The topological polar surface area (TPSA) is 42.9 Å². The zero-order valence-corrected chi connectivity index (χ0v) is 10.3. The fraction of sp³-hybridized carbons (Fsp3) is 0.0833. The summed E-state index contributed by atoms with van der Waals surface area (Å²) in [6.07, 6.45) is 2.94. The maximum absolute atomic E-state index is 12.7. The Morgan fingerprint density at radius 2 is 1.94 bits per heavy atom. The second-order valence-corrected chi connectivity index (χ2v) is 4.28. The van der Waals surface area contributed by atoms with Gasteiger partial charge in [-0.1, -0.05) is 15.9 Å². The largest absolute Gasteiger partial charge is 0.292 e. The first-order valence-electron chi connectivity index (χ1n) is 4.88. The van der Waals surface area contributed by atoms with Crippen LogP contribution >= 0.6 is 15.9 Å². The third-order valence-corrected chi connectivity index (χ3v) is 3.11. The van der Waals surface area contributed by atoms with Crippen LogP contribution in [0.4, 0.5) is 4.39 Å². The van der Waals surface area contributed by atoms with Gasteiger partial charge in [0.15, 0.2) is 5.78 Å². The summed E-state index contributed by atoms with van der Waals surface area (Å²) in [6.45, 7) is 0. The molecule has 2 aromatic rings. The van der Waals surface area contributed by atoms with Gasteiger partial charge in [0.1, 0.15) is 17.0 Å². The van der Waals surface area contributed by atoms with Gasteiger partial charge in [-0.25, -0.2) is 14.4 Å². The van der Waals surface area contributed by atoms with Crippen LogP contribution in [0.25, 0.3) is 0 Å². The van der Waals surface area contributed by atoms with Gasteiger partial charge in [0.25, 0.3) is 0 Å². The van der Waals surface area contributed by atoms with Crippen LogP contribution in [0.15, 0.2) is 42.9 Å². The third-order valence-electron chi connectivity index (χ3n) is 2.22. The lowest BCUT2D eigenvalue weighted by Gasteiger charge is -2.07. The first-order valence-corrected chi connectivity index (χ1v) is 5.80. The zero-order chi connectivity index (χ0) is 12.3. The van der Waals surface area contributed by atoms with Crippen LogP contribution in [0.1, 0.15) is 20.9 Å². The highest BCUT2D eigenvalue weighted by Crippen LogP contribution is 2.24. The van der Waals surface area contributed by atoms with Gasteiger partial charge < -0.3 is 0 Å². The number of aromatic nitrogens is 2. The minimum Gasteiger partial charge on any atom is -0.292 e. The number of nitrogens with zero attached hydrogens (tertiary/aromatic N) is 2. The molecule has 0 aliphatic heterocycles.